The van der Waals surface area contributed by atoms with E-state index < -0.39 is 0 Å². The molecule has 0 spiro atoms. The summed E-state index contributed by atoms with van der Waals surface area (Å²) >= 11 is 6.20. The summed E-state index contributed by atoms with van der Waals surface area (Å²) in [4.78, 5) is 0. The number of rotatable bonds is 5. The molecule has 1 aliphatic rings. The van der Waals surface area contributed by atoms with E-state index in [0.717, 1.165) is 18.0 Å². The lowest BCUT2D eigenvalue weighted by Gasteiger charge is -2.34. The van der Waals surface area contributed by atoms with Gasteiger partial charge in [-0.25, -0.2) is 0 Å². The highest BCUT2D eigenvalue weighted by Crippen LogP contribution is 2.41. The molecule has 3 rings (SSSR count). The van der Waals surface area contributed by atoms with Crippen molar-refractivity contribution < 1.29 is 0 Å². The number of fused-ring (bicyclic) bond motifs is 1. The Morgan fingerprint density at radius 3 is 2.81 bits per heavy atom. The van der Waals surface area contributed by atoms with Crippen LogP contribution in [0.15, 0.2) is 42.5 Å². The fraction of sp³-hybridized carbons (Fsp3) is 0.368. The molecule has 1 nitrogen and oxygen atoms in total. The third kappa shape index (κ3) is 3.00. The highest BCUT2D eigenvalue weighted by Gasteiger charge is 2.28. The molecule has 2 unspecified atom stereocenters. The van der Waals surface area contributed by atoms with E-state index >= 15 is 0 Å². The second-order valence-corrected chi connectivity index (χ2v) is 6.38. The first kappa shape index (κ1) is 14.6. The van der Waals surface area contributed by atoms with Crippen LogP contribution in [0.2, 0.25) is 5.02 Å². The Morgan fingerprint density at radius 1 is 1.24 bits per heavy atom. The zero-order chi connectivity index (χ0) is 14.8. The zero-order valence-corrected chi connectivity index (χ0v) is 13.5. The number of hydrogen-bond acceptors (Lipinski definition) is 1. The average molecular weight is 300 g/mol. The summed E-state index contributed by atoms with van der Waals surface area (Å²) in [6.07, 6.45) is 2.35. The molecule has 0 heterocycles. The van der Waals surface area contributed by atoms with E-state index in [1.54, 1.807) is 0 Å². The van der Waals surface area contributed by atoms with Crippen molar-refractivity contribution in [2.75, 3.05) is 6.54 Å². The molecule has 0 aromatic heterocycles. The van der Waals surface area contributed by atoms with Crippen molar-refractivity contribution in [3.8, 4) is 0 Å². The Bertz CT molecular complexity index is 635. The molecule has 0 saturated heterocycles. The minimum Gasteiger partial charge on any atom is -0.310 e. The van der Waals surface area contributed by atoms with Gasteiger partial charge in [0.2, 0.25) is 0 Å². The Labute approximate surface area is 132 Å². The van der Waals surface area contributed by atoms with Gasteiger partial charge in [-0.05, 0) is 66.6 Å². The van der Waals surface area contributed by atoms with Crippen LogP contribution < -0.4 is 5.32 Å². The van der Waals surface area contributed by atoms with Gasteiger partial charge in [-0.3, -0.25) is 0 Å². The first-order valence-electron chi connectivity index (χ1n) is 7.76. The summed E-state index contributed by atoms with van der Waals surface area (Å²) in [5, 5.41) is 4.46. The number of aryl methyl sites for hydroxylation is 1. The number of hydrogen-bond donors (Lipinski definition) is 1. The molecule has 1 N–H and O–H groups in total. The summed E-state index contributed by atoms with van der Waals surface area (Å²) in [5.41, 5.74) is 5.70. The second-order valence-electron chi connectivity index (χ2n) is 5.95. The standard InChI is InChI=1S/C19H22ClN/c1-3-21-19(18-12-16(20)9-8-13(18)2)11-15-10-14-6-4-5-7-17(14)15/h4-9,12,15,19,21H,3,10-11H2,1-2H3. The summed E-state index contributed by atoms with van der Waals surface area (Å²) in [6, 6.07) is 15.4. The molecule has 0 amide bonds. The lowest BCUT2D eigenvalue weighted by atomic mass is 9.73. The molecule has 21 heavy (non-hydrogen) atoms. The van der Waals surface area contributed by atoms with Crippen molar-refractivity contribution >= 4 is 11.6 Å². The topological polar surface area (TPSA) is 12.0 Å². The Balaban J connectivity index is 1.81. The normalized spacial score (nSPS) is 18.0. The summed E-state index contributed by atoms with van der Waals surface area (Å²) < 4.78 is 0. The van der Waals surface area contributed by atoms with Gasteiger partial charge in [0.15, 0.2) is 0 Å². The molecule has 0 fully saturated rings. The van der Waals surface area contributed by atoms with Gasteiger partial charge in [0.05, 0.1) is 0 Å². The largest absolute Gasteiger partial charge is 0.310 e. The molecule has 0 radical (unpaired) electrons. The lowest BCUT2D eigenvalue weighted by Crippen LogP contribution is -2.27. The van der Waals surface area contributed by atoms with Gasteiger partial charge in [0.1, 0.15) is 0 Å². The van der Waals surface area contributed by atoms with Gasteiger partial charge in [-0.2, -0.15) is 0 Å². The Kier molecular flexibility index (Phi) is 4.32. The summed E-state index contributed by atoms with van der Waals surface area (Å²) in [6.45, 7) is 5.32. The zero-order valence-electron chi connectivity index (χ0n) is 12.7. The molecule has 110 valence electrons. The molecular weight excluding hydrogens is 278 g/mol. The maximum absolute atomic E-state index is 6.20. The Hall–Kier alpha value is -1.31. The lowest BCUT2D eigenvalue weighted by molar-refractivity contribution is 0.434. The van der Waals surface area contributed by atoms with Crippen LogP contribution in [0.1, 0.15) is 47.6 Å². The quantitative estimate of drug-likeness (QED) is 0.816. The molecule has 0 aliphatic heterocycles. The van der Waals surface area contributed by atoms with Crippen molar-refractivity contribution in [3.63, 3.8) is 0 Å². The second kappa shape index (κ2) is 6.21. The summed E-state index contributed by atoms with van der Waals surface area (Å²) in [5.74, 6) is 0.670. The van der Waals surface area contributed by atoms with Crippen molar-refractivity contribution in [1.29, 1.82) is 0 Å². The SMILES string of the molecule is CCNC(CC1Cc2ccccc21)c1cc(Cl)ccc1C. The Morgan fingerprint density at radius 2 is 2.05 bits per heavy atom. The van der Waals surface area contributed by atoms with Gasteiger partial charge in [0.25, 0.3) is 0 Å². The van der Waals surface area contributed by atoms with Gasteiger partial charge in [-0.15, -0.1) is 0 Å². The highest BCUT2D eigenvalue weighted by atomic mass is 35.5. The van der Waals surface area contributed by atoms with Crippen LogP contribution >= 0.6 is 11.6 Å². The first-order valence-corrected chi connectivity index (χ1v) is 8.14. The number of nitrogens with one attached hydrogen (secondary N) is 1. The number of benzene rings is 2. The van der Waals surface area contributed by atoms with Crippen molar-refractivity contribution in [2.45, 2.75) is 38.6 Å². The number of halogens is 1. The van der Waals surface area contributed by atoms with Crippen LogP contribution in [0, 0.1) is 6.92 Å². The monoisotopic (exact) mass is 299 g/mol. The van der Waals surface area contributed by atoms with Gasteiger partial charge in [-0.1, -0.05) is 48.9 Å². The van der Waals surface area contributed by atoms with E-state index in [9.17, 15) is 0 Å². The van der Waals surface area contributed by atoms with Crippen LogP contribution in [0.5, 0.6) is 0 Å². The highest BCUT2D eigenvalue weighted by molar-refractivity contribution is 6.30. The van der Waals surface area contributed by atoms with Crippen molar-refractivity contribution in [2.24, 2.45) is 0 Å². The molecule has 2 aromatic carbocycles. The predicted octanol–water partition coefficient (Wildman–Crippen LogP) is 5.03. The van der Waals surface area contributed by atoms with E-state index in [4.69, 9.17) is 11.6 Å². The maximum Gasteiger partial charge on any atom is 0.0409 e. The molecule has 1 aliphatic carbocycles. The van der Waals surface area contributed by atoms with Gasteiger partial charge in [0, 0.05) is 11.1 Å². The average Bonchev–Trinajstić information content (AvgIpc) is 2.46. The van der Waals surface area contributed by atoms with E-state index in [1.165, 1.54) is 28.7 Å². The molecule has 2 aromatic rings. The van der Waals surface area contributed by atoms with Gasteiger partial charge >= 0.3 is 0 Å². The molecule has 0 saturated carbocycles. The van der Waals surface area contributed by atoms with Crippen LogP contribution in [0.25, 0.3) is 0 Å². The van der Waals surface area contributed by atoms with Gasteiger partial charge < -0.3 is 5.32 Å². The third-order valence-corrected chi connectivity index (χ3v) is 4.78. The van der Waals surface area contributed by atoms with Crippen LogP contribution in [0.3, 0.4) is 0 Å². The predicted molar refractivity (Wildman–Crippen MR) is 90.1 cm³/mol. The molecular formula is C19H22ClN. The smallest absolute Gasteiger partial charge is 0.0409 e. The fourth-order valence-electron chi connectivity index (χ4n) is 3.41. The van der Waals surface area contributed by atoms with Crippen LogP contribution in [-0.4, -0.2) is 6.54 Å². The third-order valence-electron chi connectivity index (χ3n) is 4.55. The van der Waals surface area contributed by atoms with E-state index in [2.05, 4.69) is 55.6 Å². The van der Waals surface area contributed by atoms with Crippen LogP contribution in [0.4, 0.5) is 0 Å². The fourth-order valence-corrected chi connectivity index (χ4v) is 3.59. The summed E-state index contributed by atoms with van der Waals surface area (Å²) in [7, 11) is 0. The molecule has 0 bridgehead atoms. The minimum absolute atomic E-state index is 0.382. The van der Waals surface area contributed by atoms with E-state index in [0.29, 0.717) is 12.0 Å². The van der Waals surface area contributed by atoms with Crippen molar-refractivity contribution in [3.05, 3.63) is 69.7 Å². The van der Waals surface area contributed by atoms with E-state index in [-0.39, 0.29) is 0 Å². The molecule has 2 atom stereocenters. The van der Waals surface area contributed by atoms with Crippen LogP contribution in [-0.2, 0) is 6.42 Å². The first-order chi connectivity index (χ1) is 10.2. The maximum atomic E-state index is 6.20. The van der Waals surface area contributed by atoms with Crippen molar-refractivity contribution in [1.82, 2.24) is 5.32 Å². The molecule has 2 heteroatoms. The minimum atomic E-state index is 0.382. The van der Waals surface area contributed by atoms with E-state index in [1.807, 2.05) is 6.07 Å².